The normalized spacial score (nSPS) is 10.8. The minimum atomic E-state index is 0.918. The fourth-order valence-corrected chi connectivity index (χ4v) is 2.07. The molecule has 0 aliphatic heterocycles. The van der Waals surface area contributed by atoms with Crippen LogP contribution in [0.3, 0.4) is 0 Å². The number of nitrogens with one attached hydrogen (secondary N) is 1. The van der Waals surface area contributed by atoms with E-state index in [4.69, 9.17) is 0 Å². The molecule has 1 N–H and O–H groups in total. The molecule has 0 radical (unpaired) electrons. The van der Waals surface area contributed by atoms with E-state index < -0.39 is 0 Å². The molecule has 0 aliphatic rings. The van der Waals surface area contributed by atoms with Crippen LogP contribution in [0.1, 0.15) is 12.0 Å². The van der Waals surface area contributed by atoms with E-state index >= 15 is 0 Å². The lowest BCUT2D eigenvalue weighted by Crippen LogP contribution is -2.04. The fourth-order valence-electron chi connectivity index (χ4n) is 2.07. The number of hydrogen-bond acceptors (Lipinski definition) is 1. The lowest BCUT2D eigenvalue weighted by molar-refractivity contribution is 0.729. The number of benzene rings is 1. The second kappa shape index (κ2) is 4.99. The van der Waals surface area contributed by atoms with E-state index in [1.54, 1.807) is 0 Å². The van der Waals surface area contributed by atoms with Gasteiger partial charge in [-0.15, -0.1) is 6.58 Å². The molecule has 84 valence electrons. The molecule has 1 heterocycles. The van der Waals surface area contributed by atoms with Crippen LogP contribution in [0.15, 0.2) is 43.1 Å². The van der Waals surface area contributed by atoms with Crippen LogP contribution in [0.25, 0.3) is 10.9 Å². The van der Waals surface area contributed by atoms with E-state index in [0.717, 1.165) is 19.5 Å². The van der Waals surface area contributed by atoms with Crippen molar-refractivity contribution in [2.75, 3.05) is 7.05 Å². The predicted octanol–water partition coefficient (Wildman–Crippen LogP) is 2.94. The van der Waals surface area contributed by atoms with Crippen molar-refractivity contribution in [3.05, 3.63) is 48.7 Å². The van der Waals surface area contributed by atoms with Crippen LogP contribution in [0.4, 0.5) is 0 Å². The minimum absolute atomic E-state index is 0.918. The number of para-hydroxylation sites is 1. The van der Waals surface area contributed by atoms with E-state index in [0.29, 0.717) is 0 Å². The molecule has 1 aromatic heterocycles. The summed E-state index contributed by atoms with van der Waals surface area (Å²) in [6, 6.07) is 8.55. The van der Waals surface area contributed by atoms with Gasteiger partial charge in [0.2, 0.25) is 0 Å². The first-order valence-electron chi connectivity index (χ1n) is 5.69. The predicted molar refractivity (Wildman–Crippen MR) is 69.5 cm³/mol. The number of fused-ring (bicyclic) bond motifs is 1. The smallest absolute Gasteiger partial charge is 0.0483 e. The van der Waals surface area contributed by atoms with E-state index in [9.17, 15) is 0 Å². The average Bonchev–Trinajstić information content (AvgIpc) is 2.66. The lowest BCUT2D eigenvalue weighted by Gasteiger charge is -2.01. The molecule has 0 fully saturated rings. The van der Waals surface area contributed by atoms with Gasteiger partial charge in [-0.1, -0.05) is 24.3 Å². The summed E-state index contributed by atoms with van der Waals surface area (Å²) < 4.78 is 2.31. The number of rotatable bonds is 5. The van der Waals surface area contributed by atoms with Crippen molar-refractivity contribution in [3.8, 4) is 0 Å². The first-order chi connectivity index (χ1) is 7.86. The fraction of sp³-hybridized carbons (Fsp3) is 0.286. The Labute approximate surface area is 96.6 Å². The molecule has 2 rings (SSSR count). The first-order valence-corrected chi connectivity index (χ1v) is 5.69. The van der Waals surface area contributed by atoms with Crippen molar-refractivity contribution >= 4 is 10.9 Å². The number of nitrogens with zero attached hydrogens (tertiary/aromatic N) is 1. The number of hydrogen-bond donors (Lipinski definition) is 1. The van der Waals surface area contributed by atoms with Gasteiger partial charge in [0.15, 0.2) is 0 Å². The van der Waals surface area contributed by atoms with Gasteiger partial charge in [-0.2, -0.15) is 0 Å². The summed E-state index contributed by atoms with van der Waals surface area (Å²) in [5, 5.41) is 4.56. The van der Waals surface area contributed by atoms with Gasteiger partial charge < -0.3 is 9.88 Å². The SMILES string of the molecule is C=CCCn1cc(CNC)c2ccccc21. The highest BCUT2D eigenvalue weighted by atomic mass is 15.0. The van der Waals surface area contributed by atoms with Gasteiger partial charge in [-0.25, -0.2) is 0 Å². The molecule has 0 unspecified atom stereocenters. The summed E-state index contributed by atoms with van der Waals surface area (Å²) in [6.07, 6.45) is 5.22. The number of allylic oxidation sites excluding steroid dienone is 1. The standard InChI is InChI=1S/C14H18N2/c1-3-4-9-16-11-12(10-15-2)13-7-5-6-8-14(13)16/h3,5-8,11,15H,1,4,9-10H2,2H3. The third-order valence-electron chi connectivity index (χ3n) is 2.81. The highest BCUT2D eigenvalue weighted by Crippen LogP contribution is 2.21. The van der Waals surface area contributed by atoms with Crippen LogP contribution >= 0.6 is 0 Å². The maximum Gasteiger partial charge on any atom is 0.0483 e. The van der Waals surface area contributed by atoms with Gasteiger partial charge in [-0.3, -0.25) is 0 Å². The summed E-state index contributed by atoms with van der Waals surface area (Å²) >= 11 is 0. The molecule has 1 aromatic carbocycles. The third kappa shape index (κ3) is 2.02. The Hall–Kier alpha value is -1.54. The number of aromatic nitrogens is 1. The molecule has 16 heavy (non-hydrogen) atoms. The Morgan fingerprint density at radius 3 is 2.94 bits per heavy atom. The van der Waals surface area contributed by atoms with Crippen LogP contribution in [-0.4, -0.2) is 11.6 Å². The summed E-state index contributed by atoms with van der Waals surface area (Å²) in [5.74, 6) is 0. The van der Waals surface area contributed by atoms with Crippen LogP contribution in [0.2, 0.25) is 0 Å². The molecule has 0 amide bonds. The van der Waals surface area contributed by atoms with E-state index in [2.05, 4.69) is 46.9 Å². The summed E-state index contributed by atoms with van der Waals surface area (Å²) in [7, 11) is 1.98. The van der Waals surface area contributed by atoms with Gasteiger partial charge in [0, 0.05) is 30.2 Å². The quantitative estimate of drug-likeness (QED) is 0.757. The zero-order valence-corrected chi connectivity index (χ0v) is 9.74. The van der Waals surface area contributed by atoms with Gasteiger partial charge in [0.05, 0.1) is 0 Å². The zero-order chi connectivity index (χ0) is 11.4. The topological polar surface area (TPSA) is 17.0 Å². The average molecular weight is 214 g/mol. The maximum absolute atomic E-state index is 3.77. The molecule has 2 heteroatoms. The highest BCUT2D eigenvalue weighted by molar-refractivity contribution is 5.83. The van der Waals surface area contributed by atoms with E-state index in [-0.39, 0.29) is 0 Å². The molecule has 0 bridgehead atoms. The molecule has 0 saturated carbocycles. The van der Waals surface area contributed by atoms with E-state index in [1.807, 2.05) is 13.1 Å². The molecule has 0 spiro atoms. The Morgan fingerprint density at radius 1 is 1.38 bits per heavy atom. The third-order valence-corrected chi connectivity index (χ3v) is 2.81. The van der Waals surface area contributed by atoms with Crippen LogP contribution < -0.4 is 5.32 Å². The zero-order valence-electron chi connectivity index (χ0n) is 9.74. The minimum Gasteiger partial charge on any atom is -0.347 e. The Balaban J connectivity index is 2.44. The van der Waals surface area contributed by atoms with Crippen molar-refractivity contribution in [3.63, 3.8) is 0 Å². The lowest BCUT2D eigenvalue weighted by atomic mass is 10.2. The Kier molecular flexibility index (Phi) is 3.42. The van der Waals surface area contributed by atoms with Gasteiger partial charge in [-0.05, 0) is 25.1 Å². The number of aryl methyl sites for hydroxylation is 1. The van der Waals surface area contributed by atoms with Crippen LogP contribution in [-0.2, 0) is 13.1 Å². The summed E-state index contributed by atoms with van der Waals surface area (Å²) in [4.78, 5) is 0. The molecule has 0 aliphatic carbocycles. The largest absolute Gasteiger partial charge is 0.347 e. The summed E-state index contributed by atoms with van der Waals surface area (Å²) in [5.41, 5.74) is 2.68. The second-order valence-electron chi connectivity index (χ2n) is 3.97. The molecule has 2 nitrogen and oxygen atoms in total. The van der Waals surface area contributed by atoms with Crippen molar-refractivity contribution in [1.82, 2.24) is 9.88 Å². The first kappa shape index (κ1) is 11.0. The molecule has 0 atom stereocenters. The summed E-state index contributed by atoms with van der Waals surface area (Å²) in [6.45, 7) is 5.70. The van der Waals surface area contributed by atoms with Crippen molar-refractivity contribution in [2.45, 2.75) is 19.5 Å². The van der Waals surface area contributed by atoms with Crippen molar-refractivity contribution in [1.29, 1.82) is 0 Å². The molecule has 2 aromatic rings. The van der Waals surface area contributed by atoms with Gasteiger partial charge in [0.1, 0.15) is 0 Å². The molecular weight excluding hydrogens is 196 g/mol. The van der Waals surface area contributed by atoms with E-state index in [1.165, 1.54) is 16.5 Å². The Bertz CT molecular complexity index is 482. The monoisotopic (exact) mass is 214 g/mol. The van der Waals surface area contributed by atoms with Gasteiger partial charge in [0.25, 0.3) is 0 Å². The molecular formula is C14H18N2. The Morgan fingerprint density at radius 2 is 2.19 bits per heavy atom. The maximum atomic E-state index is 3.77. The van der Waals surface area contributed by atoms with Crippen LogP contribution in [0, 0.1) is 0 Å². The molecule has 0 saturated heterocycles. The van der Waals surface area contributed by atoms with Gasteiger partial charge >= 0.3 is 0 Å². The highest BCUT2D eigenvalue weighted by Gasteiger charge is 2.06. The van der Waals surface area contributed by atoms with Crippen LogP contribution in [0.5, 0.6) is 0 Å². The van der Waals surface area contributed by atoms with Crippen molar-refractivity contribution < 1.29 is 0 Å². The second-order valence-corrected chi connectivity index (χ2v) is 3.97. The van der Waals surface area contributed by atoms with Crippen molar-refractivity contribution in [2.24, 2.45) is 0 Å².